The molecule has 0 unspecified atom stereocenters. The zero-order valence-electron chi connectivity index (χ0n) is 10.3. The van der Waals surface area contributed by atoms with Crippen LogP contribution in [0, 0.1) is 0 Å². The van der Waals surface area contributed by atoms with Crippen LogP contribution in [0.15, 0.2) is 60.7 Å². The molecule has 2 nitrogen and oxygen atoms in total. The number of epoxide rings is 1. The van der Waals surface area contributed by atoms with Gasteiger partial charge in [-0.25, -0.2) is 0 Å². The van der Waals surface area contributed by atoms with Gasteiger partial charge in [-0.05, 0) is 18.1 Å². The average Bonchev–Trinajstić information content (AvgIpc) is 3.13. The van der Waals surface area contributed by atoms with Crippen LogP contribution >= 0.6 is 0 Å². The lowest BCUT2D eigenvalue weighted by Gasteiger charge is -2.20. The van der Waals surface area contributed by atoms with E-state index in [9.17, 15) is 5.11 Å². The van der Waals surface area contributed by atoms with Gasteiger partial charge in [-0.3, -0.25) is 0 Å². The maximum atomic E-state index is 10.6. The molecule has 1 saturated heterocycles. The monoisotopic (exact) mass is 240 g/mol. The average molecular weight is 240 g/mol. The molecule has 0 bridgehead atoms. The van der Waals surface area contributed by atoms with Gasteiger partial charge in [0.2, 0.25) is 0 Å². The Labute approximate surface area is 107 Å². The lowest BCUT2D eigenvalue weighted by molar-refractivity contribution is 0.0730. The third-order valence-corrected chi connectivity index (χ3v) is 3.66. The van der Waals surface area contributed by atoms with Crippen LogP contribution in [0.4, 0.5) is 0 Å². The first-order valence-electron chi connectivity index (χ1n) is 6.21. The Bertz CT molecular complexity index is 523. The first-order chi connectivity index (χ1) is 8.75. The molecule has 1 fully saturated rings. The predicted octanol–water partition coefficient (Wildman–Crippen LogP) is 3.03. The van der Waals surface area contributed by atoms with E-state index in [-0.39, 0.29) is 6.10 Å². The van der Waals surface area contributed by atoms with Crippen molar-refractivity contribution in [3.8, 4) is 0 Å². The Hall–Kier alpha value is -1.64. The summed E-state index contributed by atoms with van der Waals surface area (Å²) < 4.78 is 5.76. The molecule has 18 heavy (non-hydrogen) atoms. The molecule has 2 aromatic carbocycles. The number of ether oxygens (including phenoxy) is 1. The summed E-state index contributed by atoms with van der Waals surface area (Å²) in [5, 5.41) is 10.6. The minimum atomic E-state index is -0.629. The fourth-order valence-corrected chi connectivity index (χ4v) is 2.59. The summed E-state index contributed by atoms with van der Waals surface area (Å²) in [6.07, 6.45) is -0.591. The molecule has 1 aliphatic heterocycles. The Balaban J connectivity index is 1.99. The van der Waals surface area contributed by atoms with Crippen LogP contribution in [0.25, 0.3) is 0 Å². The maximum Gasteiger partial charge on any atom is 0.149 e. The second-order valence-corrected chi connectivity index (χ2v) is 4.73. The number of rotatable bonds is 3. The number of benzene rings is 2. The van der Waals surface area contributed by atoms with Crippen LogP contribution in [0.5, 0.6) is 0 Å². The van der Waals surface area contributed by atoms with Crippen LogP contribution in [-0.4, -0.2) is 11.2 Å². The van der Waals surface area contributed by atoms with E-state index in [0.29, 0.717) is 0 Å². The van der Waals surface area contributed by atoms with Gasteiger partial charge >= 0.3 is 0 Å². The molecule has 3 rings (SSSR count). The lowest BCUT2D eigenvalue weighted by Crippen LogP contribution is -2.22. The molecular weight excluding hydrogens is 224 g/mol. The highest BCUT2D eigenvalue weighted by atomic mass is 16.6. The van der Waals surface area contributed by atoms with Gasteiger partial charge in [0.25, 0.3) is 0 Å². The molecule has 0 radical (unpaired) electrons. The molecule has 1 aliphatic rings. The molecular formula is C16H16O2. The van der Waals surface area contributed by atoms with Gasteiger partial charge < -0.3 is 9.84 Å². The van der Waals surface area contributed by atoms with Gasteiger partial charge in [-0.1, -0.05) is 60.7 Å². The standard InChI is InChI=1S/C16H16O2/c1-12-16(18-12,14-10-6-3-7-11-14)15(17)13-8-4-2-5-9-13/h2-12,15,17H,1H3/t12-,15-,16+/m1/s1. The van der Waals surface area contributed by atoms with Gasteiger partial charge in [-0.2, -0.15) is 0 Å². The van der Waals surface area contributed by atoms with E-state index in [1.165, 1.54) is 0 Å². The van der Waals surface area contributed by atoms with Crippen molar-refractivity contribution >= 4 is 0 Å². The highest BCUT2D eigenvalue weighted by Crippen LogP contribution is 2.54. The van der Waals surface area contributed by atoms with E-state index >= 15 is 0 Å². The summed E-state index contributed by atoms with van der Waals surface area (Å²) in [5.74, 6) is 0. The summed E-state index contributed by atoms with van der Waals surface area (Å²) >= 11 is 0. The zero-order chi connectivity index (χ0) is 12.6. The highest BCUT2D eigenvalue weighted by Gasteiger charge is 2.60. The maximum absolute atomic E-state index is 10.6. The molecule has 2 aromatic rings. The van der Waals surface area contributed by atoms with Crippen LogP contribution in [-0.2, 0) is 10.3 Å². The first kappa shape index (κ1) is 11.5. The minimum absolute atomic E-state index is 0.0371. The van der Waals surface area contributed by atoms with E-state index in [1.54, 1.807) is 0 Å². The van der Waals surface area contributed by atoms with Crippen molar-refractivity contribution in [2.45, 2.75) is 24.7 Å². The van der Waals surface area contributed by atoms with Crippen molar-refractivity contribution in [1.29, 1.82) is 0 Å². The molecule has 1 heterocycles. The van der Waals surface area contributed by atoms with Crippen molar-refractivity contribution in [3.05, 3.63) is 71.8 Å². The predicted molar refractivity (Wildman–Crippen MR) is 70.1 cm³/mol. The quantitative estimate of drug-likeness (QED) is 0.836. The summed E-state index contributed by atoms with van der Waals surface area (Å²) in [7, 11) is 0. The summed E-state index contributed by atoms with van der Waals surface area (Å²) in [5.41, 5.74) is 1.35. The fraction of sp³-hybridized carbons (Fsp3) is 0.250. The Kier molecular flexibility index (Phi) is 2.69. The molecule has 92 valence electrons. The molecule has 2 heteroatoms. The smallest absolute Gasteiger partial charge is 0.149 e. The Morgan fingerprint density at radius 1 is 1.00 bits per heavy atom. The van der Waals surface area contributed by atoms with E-state index in [4.69, 9.17) is 4.74 Å². The van der Waals surface area contributed by atoms with E-state index in [1.807, 2.05) is 67.6 Å². The van der Waals surface area contributed by atoms with E-state index < -0.39 is 11.7 Å². The van der Waals surface area contributed by atoms with Crippen LogP contribution in [0.2, 0.25) is 0 Å². The van der Waals surface area contributed by atoms with Gasteiger partial charge in [0.05, 0.1) is 6.10 Å². The summed E-state index contributed by atoms with van der Waals surface area (Å²) in [6.45, 7) is 2.00. The fourth-order valence-electron chi connectivity index (χ4n) is 2.59. The van der Waals surface area contributed by atoms with E-state index in [0.717, 1.165) is 11.1 Å². The first-order valence-corrected chi connectivity index (χ1v) is 6.21. The van der Waals surface area contributed by atoms with Gasteiger partial charge in [0.1, 0.15) is 11.7 Å². The highest BCUT2D eigenvalue weighted by molar-refractivity contribution is 5.35. The number of aliphatic hydroxyl groups is 1. The molecule has 1 N–H and O–H groups in total. The third-order valence-electron chi connectivity index (χ3n) is 3.66. The Morgan fingerprint density at radius 3 is 2.00 bits per heavy atom. The zero-order valence-corrected chi connectivity index (χ0v) is 10.3. The molecule has 0 amide bonds. The number of aliphatic hydroxyl groups excluding tert-OH is 1. The molecule has 0 spiro atoms. The number of hydrogen-bond donors (Lipinski definition) is 1. The van der Waals surface area contributed by atoms with Crippen LogP contribution < -0.4 is 0 Å². The van der Waals surface area contributed by atoms with Crippen LogP contribution in [0.1, 0.15) is 24.2 Å². The topological polar surface area (TPSA) is 32.8 Å². The summed E-state index contributed by atoms with van der Waals surface area (Å²) in [4.78, 5) is 0. The SMILES string of the molecule is C[C@H]1O[C@@]1(c1ccccc1)[C@H](O)c1ccccc1. The molecule has 0 aliphatic carbocycles. The van der Waals surface area contributed by atoms with Gasteiger partial charge in [-0.15, -0.1) is 0 Å². The van der Waals surface area contributed by atoms with Crippen molar-refractivity contribution < 1.29 is 9.84 Å². The molecule has 0 saturated carbocycles. The van der Waals surface area contributed by atoms with Crippen molar-refractivity contribution in [2.24, 2.45) is 0 Å². The molecule has 0 aromatic heterocycles. The molecule has 3 atom stereocenters. The van der Waals surface area contributed by atoms with Crippen molar-refractivity contribution in [1.82, 2.24) is 0 Å². The largest absolute Gasteiger partial charge is 0.385 e. The Morgan fingerprint density at radius 2 is 1.50 bits per heavy atom. The normalized spacial score (nSPS) is 27.8. The second-order valence-electron chi connectivity index (χ2n) is 4.73. The lowest BCUT2D eigenvalue weighted by atomic mass is 9.86. The van der Waals surface area contributed by atoms with Crippen molar-refractivity contribution in [2.75, 3.05) is 0 Å². The van der Waals surface area contributed by atoms with Crippen molar-refractivity contribution in [3.63, 3.8) is 0 Å². The van der Waals surface area contributed by atoms with Gasteiger partial charge in [0, 0.05) is 0 Å². The van der Waals surface area contributed by atoms with Crippen LogP contribution in [0.3, 0.4) is 0 Å². The van der Waals surface area contributed by atoms with Gasteiger partial charge in [0.15, 0.2) is 0 Å². The van der Waals surface area contributed by atoms with E-state index in [2.05, 4.69) is 0 Å². The number of hydrogen-bond acceptors (Lipinski definition) is 2. The minimum Gasteiger partial charge on any atom is -0.385 e. The third kappa shape index (κ3) is 1.65. The summed E-state index contributed by atoms with van der Waals surface area (Å²) in [6, 6.07) is 19.6. The second kappa shape index (κ2) is 4.23.